The highest BCUT2D eigenvalue weighted by Gasteiger charge is 2.35. The van der Waals surface area contributed by atoms with Gasteiger partial charge in [-0.3, -0.25) is 0 Å². The molecular weight excluding hydrogens is 324 g/mol. The molecule has 4 heteroatoms. The number of aromatic nitrogens is 2. The molecule has 1 aliphatic rings. The van der Waals surface area contributed by atoms with Crippen molar-refractivity contribution in [3.05, 3.63) is 65.5 Å². The van der Waals surface area contributed by atoms with Gasteiger partial charge in [0.2, 0.25) is 0 Å². The van der Waals surface area contributed by atoms with Gasteiger partial charge < -0.3 is 9.84 Å². The van der Waals surface area contributed by atoms with E-state index in [1.54, 1.807) is 6.08 Å². The molecular formula is C22H26N2O2. The predicted octanol–water partition coefficient (Wildman–Crippen LogP) is 4.24. The van der Waals surface area contributed by atoms with Gasteiger partial charge in [-0.2, -0.15) is 0 Å². The Kier molecular flexibility index (Phi) is 4.97. The molecule has 2 aromatic rings. The van der Waals surface area contributed by atoms with Crippen LogP contribution in [0.4, 0.5) is 0 Å². The van der Waals surface area contributed by atoms with Crippen LogP contribution in [0.15, 0.2) is 48.6 Å². The number of aryl methyl sites for hydroxylation is 1. The molecule has 0 radical (unpaired) electrons. The summed E-state index contributed by atoms with van der Waals surface area (Å²) >= 11 is 0. The van der Waals surface area contributed by atoms with Gasteiger partial charge in [0.15, 0.2) is 0 Å². The zero-order valence-corrected chi connectivity index (χ0v) is 15.9. The Bertz CT molecular complexity index is 910. The van der Waals surface area contributed by atoms with Crippen LogP contribution in [0.3, 0.4) is 0 Å². The van der Waals surface area contributed by atoms with Gasteiger partial charge in [0.05, 0.1) is 28.5 Å². The third-order valence-corrected chi connectivity index (χ3v) is 4.90. The summed E-state index contributed by atoms with van der Waals surface area (Å²) in [6, 6.07) is 3.93. The lowest BCUT2D eigenvalue weighted by Gasteiger charge is -2.37. The summed E-state index contributed by atoms with van der Waals surface area (Å²) in [5.74, 6) is 0.787. The first-order valence-electron chi connectivity index (χ1n) is 8.95. The van der Waals surface area contributed by atoms with Crippen molar-refractivity contribution >= 4 is 11.0 Å². The third-order valence-electron chi connectivity index (χ3n) is 4.90. The van der Waals surface area contributed by atoms with Crippen LogP contribution in [0.1, 0.15) is 37.7 Å². The zero-order chi connectivity index (χ0) is 18.9. The van der Waals surface area contributed by atoms with Crippen LogP contribution in [0.25, 0.3) is 11.0 Å². The van der Waals surface area contributed by atoms with Crippen LogP contribution in [0.5, 0.6) is 5.75 Å². The van der Waals surface area contributed by atoms with Crippen LogP contribution >= 0.6 is 0 Å². The first kappa shape index (κ1) is 18.3. The van der Waals surface area contributed by atoms with Crippen LogP contribution in [0, 0.1) is 6.92 Å². The Morgan fingerprint density at radius 2 is 2.08 bits per heavy atom. The Morgan fingerprint density at radius 3 is 2.77 bits per heavy atom. The highest BCUT2D eigenvalue weighted by atomic mass is 16.5. The first-order valence-corrected chi connectivity index (χ1v) is 8.95. The summed E-state index contributed by atoms with van der Waals surface area (Å²) in [6.45, 7) is 11.5. The van der Waals surface area contributed by atoms with Gasteiger partial charge in [0.1, 0.15) is 11.4 Å². The topological polar surface area (TPSA) is 55.2 Å². The quantitative estimate of drug-likeness (QED) is 0.838. The number of ether oxygens (including phenoxy) is 1. The number of hydrogen-bond donors (Lipinski definition) is 1. The maximum Gasteiger partial charge on any atom is 0.129 e. The number of fused-ring (bicyclic) bond motifs is 2. The van der Waals surface area contributed by atoms with E-state index in [0.29, 0.717) is 6.42 Å². The lowest BCUT2D eigenvalue weighted by Crippen LogP contribution is -2.46. The zero-order valence-electron chi connectivity index (χ0n) is 15.9. The summed E-state index contributed by atoms with van der Waals surface area (Å²) in [5.41, 5.74) is 5.07. The molecule has 0 fully saturated rings. The normalized spacial score (nSPS) is 19.4. The van der Waals surface area contributed by atoms with Crippen molar-refractivity contribution in [1.29, 1.82) is 0 Å². The highest BCUT2D eigenvalue weighted by Crippen LogP contribution is 2.35. The van der Waals surface area contributed by atoms with Crippen molar-refractivity contribution in [2.75, 3.05) is 0 Å². The molecule has 1 aromatic carbocycles. The van der Waals surface area contributed by atoms with Crippen molar-refractivity contribution in [3.8, 4) is 5.75 Å². The van der Waals surface area contributed by atoms with Crippen molar-refractivity contribution in [1.82, 2.24) is 9.97 Å². The number of aliphatic hydroxyl groups is 1. The summed E-state index contributed by atoms with van der Waals surface area (Å²) < 4.78 is 6.01. The van der Waals surface area contributed by atoms with Crippen LogP contribution in [-0.2, 0) is 12.8 Å². The number of aliphatic hydroxyl groups excluding tert-OH is 1. The summed E-state index contributed by atoms with van der Waals surface area (Å²) in [4.78, 5) is 9.58. The Balaban J connectivity index is 2.01. The molecule has 1 aromatic heterocycles. The summed E-state index contributed by atoms with van der Waals surface area (Å²) in [5, 5.41) is 10.3. The van der Waals surface area contributed by atoms with E-state index < -0.39 is 11.7 Å². The van der Waals surface area contributed by atoms with Gasteiger partial charge in [-0.1, -0.05) is 30.9 Å². The maximum atomic E-state index is 10.3. The minimum absolute atomic E-state index is 0.533. The molecule has 4 nitrogen and oxygen atoms in total. The van der Waals surface area contributed by atoms with Crippen LogP contribution in [-0.4, -0.2) is 26.8 Å². The fourth-order valence-electron chi connectivity index (χ4n) is 3.12. The molecule has 2 heterocycles. The number of nitrogens with zero attached hydrogens (tertiary/aromatic N) is 2. The van der Waals surface area contributed by atoms with Crippen LogP contribution < -0.4 is 4.74 Å². The Labute approximate surface area is 154 Å². The second-order valence-corrected chi connectivity index (χ2v) is 7.26. The average Bonchev–Trinajstić information content (AvgIpc) is 2.58. The van der Waals surface area contributed by atoms with Gasteiger partial charge in [0.25, 0.3) is 0 Å². The van der Waals surface area contributed by atoms with E-state index in [9.17, 15) is 5.11 Å². The number of benzene rings is 1. The van der Waals surface area contributed by atoms with Gasteiger partial charge in [-0.25, -0.2) is 9.97 Å². The van der Waals surface area contributed by atoms with Gasteiger partial charge in [-0.15, -0.1) is 0 Å². The second-order valence-electron chi connectivity index (χ2n) is 7.26. The maximum absolute atomic E-state index is 10.3. The van der Waals surface area contributed by atoms with Crippen molar-refractivity contribution in [2.24, 2.45) is 0 Å². The number of hydrogen-bond acceptors (Lipinski definition) is 4. The summed E-state index contributed by atoms with van der Waals surface area (Å²) in [6.07, 6.45) is 8.56. The van der Waals surface area contributed by atoms with E-state index in [4.69, 9.17) is 14.7 Å². The molecule has 0 bridgehead atoms. The molecule has 0 aliphatic carbocycles. The minimum Gasteiger partial charge on any atom is -0.485 e. The molecule has 1 aliphatic heterocycles. The van der Waals surface area contributed by atoms with Gasteiger partial charge >= 0.3 is 0 Å². The smallest absolute Gasteiger partial charge is 0.129 e. The highest BCUT2D eigenvalue weighted by molar-refractivity contribution is 5.78. The molecule has 3 rings (SSSR count). The molecule has 0 saturated heterocycles. The van der Waals surface area contributed by atoms with E-state index in [1.807, 2.05) is 52.0 Å². The van der Waals surface area contributed by atoms with Crippen molar-refractivity contribution in [2.45, 2.75) is 52.2 Å². The lowest BCUT2D eigenvalue weighted by molar-refractivity contribution is -0.0410. The van der Waals surface area contributed by atoms with E-state index in [2.05, 4.69) is 12.7 Å². The summed E-state index contributed by atoms with van der Waals surface area (Å²) in [7, 11) is 0. The Hall–Kier alpha value is -2.46. The Morgan fingerprint density at radius 1 is 1.35 bits per heavy atom. The fourth-order valence-corrected chi connectivity index (χ4v) is 3.12. The average molecular weight is 350 g/mol. The second kappa shape index (κ2) is 7.04. The lowest BCUT2D eigenvalue weighted by atomic mass is 9.91. The van der Waals surface area contributed by atoms with Crippen molar-refractivity contribution < 1.29 is 9.84 Å². The van der Waals surface area contributed by atoms with E-state index in [-0.39, 0.29) is 0 Å². The molecule has 0 amide bonds. The fraction of sp³-hybridized carbons (Fsp3) is 0.364. The largest absolute Gasteiger partial charge is 0.485 e. The number of rotatable bonds is 4. The van der Waals surface area contributed by atoms with Crippen molar-refractivity contribution in [3.63, 3.8) is 0 Å². The van der Waals surface area contributed by atoms with Crippen LogP contribution in [0.2, 0.25) is 0 Å². The third kappa shape index (κ3) is 3.56. The predicted molar refractivity (Wildman–Crippen MR) is 105 cm³/mol. The molecule has 1 N–H and O–H groups in total. The molecule has 136 valence electrons. The molecule has 0 spiro atoms. The molecule has 1 atom stereocenters. The molecule has 0 saturated carbocycles. The standard InChI is InChI=1S/C22H26N2O2/c1-6-8-9-15(7-2)10-17-14(3)23-18-11-16-12-21(25)22(4,5)26-20(16)13-19(18)24-17/h6-9,11,13,21,25H,1,10,12H2,2-5H3/b9-8-,15-7+/t21-/m1/s1. The minimum atomic E-state index is -0.602. The van der Waals surface area contributed by atoms with E-state index in [1.165, 1.54) is 5.57 Å². The monoisotopic (exact) mass is 350 g/mol. The SMILES string of the molecule is C=C/C=C\C(=C/C)Cc1nc2cc3c(cc2nc1C)C[C@@H](O)C(C)(C)O3. The molecule has 0 unspecified atom stereocenters. The number of allylic oxidation sites excluding steroid dienone is 5. The van der Waals surface area contributed by atoms with Gasteiger partial charge in [-0.05, 0) is 44.9 Å². The molecule has 26 heavy (non-hydrogen) atoms. The first-order chi connectivity index (χ1) is 12.3. The van der Waals surface area contributed by atoms with Gasteiger partial charge in [0, 0.05) is 18.9 Å². The van der Waals surface area contributed by atoms with E-state index in [0.717, 1.165) is 40.2 Å². The van der Waals surface area contributed by atoms with E-state index >= 15 is 0 Å².